The lowest BCUT2D eigenvalue weighted by Gasteiger charge is -2.29. The van der Waals surface area contributed by atoms with Crippen LogP contribution in [0.15, 0.2) is 49.1 Å². The number of phenolic OH excluding ortho intramolecular Hbond substituents is 2. The number of aromatic hydroxyl groups is 2. The van der Waals surface area contributed by atoms with E-state index in [-0.39, 0.29) is 23.0 Å². The summed E-state index contributed by atoms with van der Waals surface area (Å²) in [7, 11) is 0. The molecule has 1 aliphatic rings. The second-order valence-electron chi connectivity index (χ2n) is 6.64. The number of fused-ring (bicyclic) bond motifs is 1. The predicted octanol–water partition coefficient (Wildman–Crippen LogP) is 4.63. The molecule has 2 N–H and O–H groups in total. The first-order valence-electron chi connectivity index (χ1n) is 7.86. The molecule has 1 aliphatic heterocycles. The Morgan fingerprint density at radius 1 is 1.17 bits per heavy atom. The van der Waals surface area contributed by atoms with Gasteiger partial charge in [-0.1, -0.05) is 32.1 Å². The molecule has 0 aliphatic carbocycles. The van der Waals surface area contributed by atoms with Gasteiger partial charge in [-0.3, -0.25) is 0 Å². The fourth-order valence-corrected chi connectivity index (χ4v) is 2.97. The Labute approximate surface area is 136 Å². The zero-order valence-corrected chi connectivity index (χ0v) is 13.5. The zero-order chi connectivity index (χ0) is 16.6. The van der Waals surface area contributed by atoms with Crippen molar-refractivity contribution < 1.29 is 14.9 Å². The van der Waals surface area contributed by atoms with Crippen LogP contribution in [-0.4, -0.2) is 10.2 Å². The van der Waals surface area contributed by atoms with E-state index in [0.717, 1.165) is 35.3 Å². The summed E-state index contributed by atoms with van der Waals surface area (Å²) < 4.78 is 6.07. The minimum absolute atomic E-state index is 0.0548. The van der Waals surface area contributed by atoms with E-state index in [9.17, 15) is 10.2 Å². The van der Waals surface area contributed by atoms with Gasteiger partial charge in [0, 0.05) is 17.0 Å². The Morgan fingerprint density at radius 2 is 1.87 bits per heavy atom. The SMILES string of the molecule is C=CC(C)(C)c1cc2c(cc1O)O[C@H](c1ccc(O)cc1)CC2. The highest BCUT2D eigenvalue weighted by atomic mass is 16.5. The number of rotatable bonds is 3. The quantitative estimate of drug-likeness (QED) is 0.813. The molecule has 3 rings (SSSR count). The van der Waals surface area contributed by atoms with Gasteiger partial charge in [-0.2, -0.15) is 0 Å². The Morgan fingerprint density at radius 3 is 2.52 bits per heavy atom. The number of aryl methyl sites for hydroxylation is 1. The molecule has 0 aromatic heterocycles. The van der Waals surface area contributed by atoms with E-state index >= 15 is 0 Å². The first kappa shape index (κ1) is 15.5. The minimum atomic E-state index is -0.285. The largest absolute Gasteiger partial charge is 0.508 e. The van der Waals surface area contributed by atoms with E-state index in [1.807, 2.05) is 38.1 Å². The van der Waals surface area contributed by atoms with Crippen molar-refractivity contribution in [1.29, 1.82) is 0 Å². The Bertz CT molecular complexity index is 729. The Balaban J connectivity index is 1.91. The van der Waals surface area contributed by atoms with Gasteiger partial charge in [0.1, 0.15) is 23.4 Å². The molecule has 0 fully saturated rings. The summed E-state index contributed by atoms with van der Waals surface area (Å²) in [6.07, 6.45) is 3.55. The van der Waals surface area contributed by atoms with Crippen LogP contribution in [0, 0.1) is 0 Å². The Kier molecular flexibility index (Phi) is 3.80. The number of benzene rings is 2. The summed E-state index contributed by atoms with van der Waals surface area (Å²) in [6, 6.07) is 10.8. The molecule has 0 unspecified atom stereocenters. The van der Waals surface area contributed by atoms with Gasteiger partial charge < -0.3 is 14.9 Å². The van der Waals surface area contributed by atoms with Crippen molar-refractivity contribution in [3.63, 3.8) is 0 Å². The monoisotopic (exact) mass is 310 g/mol. The lowest BCUT2D eigenvalue weighted by molar-refractivity contribution is 0.175. The van der Waals surface area contributed by atoms with Crippen LogP contribution in [0.1, 0.15) is 43.1 Å². The van der Waals surface area contributed by atoms with E-state index < -0.39 is 0 Å². The molecule has 120 valence electrons. The molecule has 3 heteroatoms. The molecule has 0 bridgehead atoms. The maximum atomic E-state index is 10.4. The predicted molar refractivity (Wildman–Crippen MR) is 91.1 cm³/mol. The van der Waals surface area contributed by atoms with Gasteiger partial charge in [0.25, 0.3) is 0 Å². The molecular weight excluding hydrogens is 288 g/mol. The molecule has 0 spiro atoms. The van der Waals surface area contributed by atoms with Crippen LogP contribution in [0.4, 0.5) is 0 Å². The zero-order valence-electron chi connectivity index (χ0n) is 13.5. The molecule has 2 aromatic rings. The van der Waals surface area contributed by atoms with Crippen molar-refractivity contribution in [3.05, 3.63) is 65.7 Å². The molecule has 3 nitrogen and oxygen atoms in total. The maximum absolute atomic E-state index is 10.4. The van der Waals surface area contributed by atoms with Crippen molar-refractivity contribution in [2.45, 2.75) is 38.2 Å². The summed E-state index contributed by atoms with van der Waals surface area (Å²) >= 11 is 0. The van der Waals surface area contributed by atoms with Gasteiger partial charge in [-0.15, -0.1) is 6.58 Å². The van der Waals surface area contributed by atoms with Crippen LogP contribution in [0.2, 0.25) is 0 Å². The van der Waals surface area contributed by atoms with Gasteiger partial charge in [0.05, 0.1) is 0 Å². The van der Waals surface area contributed by atoms with Crippen LogP contribution in [-0.2, 0) is 11.8 Å². The molecule has 0 radical (unpaired) electrons. The lowest BCUT2D eigenvalue weighted by Crippen LogP contribution is -2.18. The smallest absolute Gasteiger partial charge is 0.127 e. The second-order valence-corrected chi connectivity index (χ2v) is 6.64. The van der Waals surface area contributed by atoms with Crippen LogP contribution in [0.3, 0.4) is 0 Å². The Hall–Kier alpha value is -2.42. The second kappa shape index (κ2) is 5.65. The van der Waals surface area contributed by atoms with Crippen molar-refractivity contribution in [2.75, 3.05) is 0 Å². The summed E-state index contributed by atoms with van der Waals surface area (Å²) in [5, 5.41) is 19.8. The molecular formula is C20H22O3. The third kappa shape index (κ3) is 2.91. The average Bonchev–Trinajstić information content (AvgIpc) is 2.54. The fourth-order valence-electron chi connectivity index (χ4n) is 2.97. The first-order valence-corrected chi connectivity index (χ1v) is 7.86. The van der Waals surface area contributed by atoms with Gasteiger partial charge in [-0.25, -0.2) is 0 Å². The van der Waals surface area contributed by atoms with Gasteiger partial charge in [-0.05, 0) is 42.2 Å². The first-order chi connectivity index (χ1) is 10.9. The van der Waals surface area contributed by atoms with Crippen molar-refractivity contribution in [1.82, 2.24) is 0 Å². The van der Waals surface area contributed by atoms with Crippen LogP contribution in [0.25, 0.3) is 0 Å². The van der Waals surface area contributed by atoms with E-state index in [1.165, 1.54) is 0 Å². The lowest BCUT2D eigenvalue weighted by atomic mass is 9.82. The van der Waals surface area contributed by atoms with E-state index in [2.05, 4.69) is 6.58 Å². The van der Waals surface area contributed by atoms with E-state index in [4.69, 9.17) is 4.74 Å². The summed E-state index contributed by atoms with van der Waals surface area (Å²) in [4.78, 5) is 0. The fraction of sp³-hybridized carbons (Fsp3) is 0.300. The minimum Gasteiger partial charge on any atom is -0.508 e. The number of ether oxygens (including phenoxy) is 1. The van der Waals surface area contributed by atoms with E-state index in [1.54, 1.807) is 18.2 Å². The summed E-state index contributed by atoms with van der Waals surface area (Å²) in [5.74, 6) is 1.22. The average molecular weight is 310 g/mol. The van der Waals surface area contributed by atoms with E-state index in [0.29, 0.717) is 0 Å². The van der Waals surface area contributed by atoms with Crippen LogP contribution in [0.5, 0.6) is 17.2 Å². The molecule has 1 atom stereocenters. The summed E-state index contributed by atoms with van der Waals surface area (Å²) in [6.45, 7) is 7.92. The standard InChI is InChI=1S/C20H22O3/c1-4-20(2,3)16-11-14-7-10-18(23-19(14)12-17(16)22)13-5-8-15(21)9-6-13/h4-6,8-9,11-12,18,21-22H,1,7,10H2,2-3H3/t18-/m0/s1. The maximum Gasteiger partial charge on any atom is 0.127 e. The molecule has 0 saturated carbocycles. The number of hydrogen-bond donors (Lipinski definition) is 2. The molecule has 0 amide bonds. The number of phenols is 2. The van der Waals surface area contributed by atoms with Crippen molar-refractivity contribution >= 4 is 0 Å². The van der Waals surface area contributed by atoms with Gasteiger partial charge in [0.15, 0.2) is 0 Å². The van der Waals surface area contributed by atoms with Crippen LogP contribution >= 0.6 is 0 Å². The van der Waals surface area contributed by atoms with Gasteiger partial charge in [0.2, 0.25) is 0 Å². The molecule has 2 aromatic carbocycles. The third-order valence-electron chi connectivity index (χ3n) is 4.59. The highest BCUT2D eigenvalue weighted by molar-refractivity contribution is 5.51. The molecule has 1 heterocycles. The van der Waals surface area contributed by atoms with Crippen molar-refractivity contribution in [2.24, 2.45) is 0 Å². The molecule has 23 heavy (non-hydrogen) atoms. The number of hydrogen-bond acceptors (Lipinski definition) is 3. The van der Waals surface area contributed by atoms with Crippen LogP contribution < -0.4 is 4.74 Å². The topological polar surface area (TPSA) is 49.7 Å². The van der Waals surface area contributed by atoms with Gasteiger partial charge >= 0.3 is 0 Å². The highest BCUT2D eigenvalue weighted by Gasteiger charge is 2.27. The summed E-state index contributed by atoms with van der Waals surface area (Å²) in [5.41, 5.74) is 2.73. The molecule has 0 saturated heterocycles. The highest BCUT2D eigenvalue weighted by Crippen LogP contribution is 2.42. The van der Waals surface area contributed by atoms with Crippen molar-refractivity contribution in [3.8, 4) is 17.2 Å². The normalized spacial score (nSPS) is 17.2. The third-order valence-corrected chi connectivity index (χ3v) is 4.59. The number of allylic oxidation sites excluding steroid dienone is 1.